The lowest BCUT2D eigenvalue weighted by Gasteiger charge is -2.34. The highest BCUT2D eigenvalue weighted by molar-refractivity contribution is 5.74. The van der Waals surface area contributed by atoms with E-state index in [1.165, 1.54) is 5.56 Å². The van der Waals surface area contributed by atoms with Gasteiger partial charge in [-0.1, -0.05) is 25.1 Å². The predicted molar refractivity (Wildman–Crippen MR) is 134 cm³/mol. The lowest BCUT2D eigenvalue weighted by atomic mass is 10.1. The summed E-state index contributed by atoms with van der Waals surface area (Å²) in [7, 11) is 1.64. The van der Waals surface area contributed by atoms with Gasteiger partial charge in [0.15, 0.2) is 11.5 Å². The molecule has 7 heteroatoms. The Labute approximate surface area is 201 Å². The van der Waals surface area contributed by atoms with Gasteiger partial charge in [-0.3, -0.25) is 4.90 Å². The highest BCUT2D eigenvalue weighted by Gasteiger charge is 2.19. The third-order valence-electron chi connectivity index (χ3n) is 6.42. The van der Waals surface area contributed by atoms with Crippen LogP contribution in [0, 0.1) is 0 Å². The van der Waals surface area contributed by atoms with Gasteiger partial charge in [-0.05, 0) is 48.5 Å². The number of rotatable bonds is 7. The monoisotopic (exact) mass is 460 g/mol. The number of nitrogens with one attached hydrogen (secondary N) is 1. The predicted octanol–water partition coefficient (Wildman–Crippen LogP) is 4.41. The van der Waals surface area contributed by atoms with Crippen molar-refractivity contribution in [3.05, 3.63) is 60.2 Å². The second kappa shape index (κ2) is 10.3. The number of hydrogen-bond acceptors (Lipinski definition) is 7. The quantitative estimate of drug-likeness (QED) is 0.560. The van der Waals surface area contributed by atoms with E-state index in [-0.39, 0.29) is 0 Å². The number of nitrogens with zero attached hydrogens (tertiary/aromatic N) is 3. The fraction of sp³-hybridized carbons (Fsp3) is 0.370. The largest absolute Gasteiger partial charge is 0.486 e. The van der Waals surface area contributed by atoms with Crippen molar-refractivity contribution < 1.29 is 14.2 Å². The Balaban J connectivity index is 1.32. The van der Waals surface area contributed by atoms with E-state index in [0.29, 0.717) is 19.1 Å². The molecule has 1 N–H and O–H groups in total. The van der Waals surface area contributed by atoms with Gasteiger partial charge in [-0.15, -0.1) is 0 Å². The number of piperazine rings is 1. The topological polar surface area (TPSA) is 59.1 Å². The van der Waals surface area contributed by atoms with Crippen molar-refractivity contribution in [2.24, 2.45) is 0 Å². The van der Waals surface area contributed by atoms with Crippen LogP contribution >= 0.6 is 0 Å². The van der Waals surface area contributed by atoms with E-state index in [1.54, 1.807) is 7.11 Å². The van der Waals surface area contributed by atoms with Crippen LogP contribution < -0.4 is 19.5 Å². The number of ether oxygens (including phenoxy) is 3. The van der Waals surface area contributed by atoms with E-state index >= 15 is 0 Å². The van der Waals surface area contributed by atoms with Gasteiger partial charge in [-0.2, -0.15) is 0 Å². The summed E-state index contributed by atoms with van der Waals surface area (Å²) < 4.78 is 17.2. The molecule has 0 spiro atoms. The second-order valence-corrected chi connectivity index (χ2v) is 8.62. The molecule has 178 valence electrons. The summed E-state index contributed by atoms with van der Waals surface area (Å²) in [6.45, 7) is 9.94. The summed E-state index contributed by atoms with van der Waals surface area (Å²) in [4.78, 5) is 9.79. The number of likely N-dealkylation sites (N-methyl/N-ethyl adjacent to an activating group) is 1. The van der Waals surface area contributed by atoms with E-state index in [2.05, 4.69) is 46.3 Å². The zero-order chi connectivity index (χ0) is 23.3. The van der Waals surface area contributed by atoms with Crippen molar-refractivity contribution >= 4 is 11.4 Å². The lowest BCUT2D eigenvalue weighted by molar-refractivity contribution is 0.132. The molecular formula is C27H32N4O3. The molecule has 5 rings (SSSR count). The Morgan fingerprint density at radius 2 is 1.74 bits per heavy atom. The SMILES string of the molecule is CCN1CCN(Cc2cccc(Nc3ccc(-c4cccc5c4OCCO5)nc3OC)c2)CC1. The van der Waals surface area contributed by atoms with E-state index < -0.39 is 0 Å². The van der Waals surface area contributed by atoms with Gasteiger partial charge in [-0.25, -0.2) is 4.98 Å². The van der Waals surface area contributed by atoms with Crippen LogP contribution in [0.2, 0.25) is 0 Å². The highest BCUT2D eigenvalue weighted by Crippen LogP contribution is 2.40. The summed E-state index contributed by atoms with van der Waals surface area (Å²) in [6.07, 6.45) is 0. The molecule has 0 saturated carbocycles. The van der Waals surface area contributed by atoms with Crippen molar-refractivity contribution in [1.29, 1.82) is 0 Å². The van der Waals surface area contributed by atoms with Crippen molar-refractivity contribution in [1.82, 2.24) is 14.8 Å². The molecule has 1 aromatic heterocycles. The number of benzene rings is 2. The van der Waals surface area contributed by atoms with Gasteiger partial charge in [0.2, 0.25) is 5.88 Å². The average molecular weight is 461 g/mol. The van der Waals surface area contributed by atoms with Crippen LogP contribution in [0.1, 0.15) is 12.5 Å². The maximum atomic E-state index is 5.87. The van der Waals surface area contributed by atoms with Crippen molar-refractivity contribution in [3.8, 4) is 28.6 Å². The van der Waals surface area contributed by atoms with E-state index in [1.807, 2.05) is 30.3 Å². The van der Waals surface area contributed by atoms with Crippen molar-refractivity contribution in [2.45, 2.75) is 13.5 Å². The number of aromatic nitrogens is 1. The van der Waals surface area contributed by atoms with E-state index in [9.17, 15) is 0 Å². The zero-order valence-corrected chi connectivity index (χ0v) is 19.9. The Morgan fingerprint density at radius 1 is 0.941 bits per heavy atom. The maximum Gasteiger partial charge on any atom is 0.238 e. The van der Waals surface area contributed by atoms with Crippen LogP contribution in [0.4, 0.5) is 11.4 Å². The molecule has 0 aliphatic carbocycles. The Bertz CT molecular complexity index is 1130. The molecule has 34 heavy (non-hydrogen) atoms. The fourth-order valence-corrected chi connectivity index (χ4v) is 4.54. The third-order valence-corrected chi connectivity index (χ3v) is 6.42. The molecule has 2 aliphatic rings. The summed E-state index contributed by atoms with van der Waals surface area (Å²) in [5.41, 5.74) is 4.82. The lowest BCUT2D eigenvalue weighted by Crippen LogP contribution is -2.45. The molecule has 3 heterocycles. The van der Waals surface area contributed by atoms with E-state index in [4.69, 9.17) is 19.2 Å². The first kappa shape index (κ1) is 22.5. The minimum Gasteiger partial charge on any atom is -0.486 e. The minimum atomic E-state index is 0.533. The molecule has 3 aromatic rings. The van der Waals surface area contributed by atoms with Gasteiger partial charge in [0, 0.05) is 44.0 Å². The number of para-hydroxylation sites is 1. The number of hydrogen-bond donors (Lipinski definition) is 1. The average Bonchev–Trinajstić information content (AvgIpc) is 2.89. The fourth-order valence-electron chi connectivity index (χ4n) is 4.54. The van der Waals surface area contributed by atoms with Crippen LogP contribution in [0.3, 0.4) is 0 Å². The van der Waals surface area contributed by atoms with E-state index in [0.717, 1.165) is 73.4 Å². The minimum absolute atomic E-state index is 0.533. The van der Waals surface area contributed by atoms with Crippen LogP contribution in [0.5, 0.6) is 17.4 Å². The number of methoxy groups -OCH3 is 1. The molecule has 0 bridgehead atoms. The third kappa shape index (κ3) is 4.95. The molecule has 0 unspecified atom stereocenters. The second-order valence-electron chi connectivity index (χ2n) is 8.62. The maximum absolute atomic E-state index is 5.87. The molecule has 2 aromatic carbocycles. The molecule has 0 radical (unpaired) electrons. The van der Waals surface area contributed by atoms with Gasteiger partial charge in [0.05, 0.1) is 12.8 Å². The van der Waals surface area contributed by atoms with Crippen molar-refractivity contribution in [2.75, 3.05) is 58.4 Å². The summed E-state index contributed by atoms with van der Waals surface area (Å²) in [5, 5.41) is 3.49. The normalized spacial score (nSPS) is 16.3. The highest BCUT2D eigenvalue weighted by atomic mass is 16.6. The molecule has 0 atom stereocenters. The van der Waals surface area contributed by atoms with Crippen molar-refractivity contribution in [3.63, 3.8) is 0 Å². The Kier molecular flexibility index (Phi) is 6.83. The molecular weight excluding hydrogens is 428 g/mol. The van der Waals surface area contributed by atoms with Gasteiger partial charge in [0.1, 0.15) is 18.9 Å². The smallest absolute Gasteiger partial charge is 0.238 e. The Morgan fingerprint density at radius 3 is 2.56 bits per heavy atom. The number of fused-ring (bicyclic) bond motifs is 1. The van der Waals surface area contributed by atoms with Gasteiger partial charge < -0.3 is 24.4 Å². The van der Waals surface area contributed by atoms with Gasteiger partial charge >= 0.3 is 0 Å². The molecule has 0 amide bonds. The summed E-state index contributed by atoms with van der Waals surface area (Å²) in [6, 6.07) is 18.4. The zero-order valence-electron chi connectivity index (χ0n) is 19.9. The van der Waals surface area contributed by atoms with Crippen LogP contribution in [0.15, 0.2) is 54.6 Å². The number of pyridine rings is 1. The first-order valence-corrected chi connectivity index (χ1v) is 12.0. The van der Waals surface area contributed by atoms with Gasteiger partial charge in [0.25, 0.3) is 0 Å². The standard InChI is InChI=1S/C27H32N4O3/c1-3-30-12-14-31(15-13-30)19-20-6-4-7-21(18-20)28-24-11-10-23(29-27(24)32-2)22-8-5-9-25-26(22)34-17-16-33-25/h4-11,18,28H,3,12-17,19H2,1-2H3. The molecule has 1 fully saturated rings. The Hall–Kier alpha value is -3.29. The summed E-state index contributed by atoms with van der Waals surface area (Å²) >= 11 is 0. The number of anilines is 2. The molecule has 2 aliphatic heterocycles. The van der Waals surface area contributed by atoms with Crippen LogP contribution in [-0.4, -0.2) is 67.8 Å². The molecule has 7 nitrogen and oxygen atoms in total. The first-order valence-electron chi connectivity index (χ1n) is 12.0. The van der Waals surface area contributed by atoms with Crippen LogP contribution in [0.25, 0.3) is 11.3 Å². The molecule has 1 saturated heterocycles. The van der Waals surface area contributed by atoms with Crippen LogP contribution in [-0.2, 0) is 6.54 Å². The summed E-state index contributed by atoms with van der Waals surface area (Å²) in [5.74, 6) is 2.02. The first-order chi connectivity index (χ1) is 16.7.